The highest BCUT2D eigenvalue weighted by molar-refractivity contribution is 6.05. The maximum absolute atomic E-state index is 13.0. The van der Waals surface area contributed by atoms with E-state index >= 15 is 0 Å². The number of rotatable bonds is 5. The van der Waals surface area contributed by atoms with E-state index in [0.717, 1.165) is 48.0 Å². The van der Waals surface area contributed by atoms with E-state index < -0.39 is 5.60 Å². The molecule has 1 aromatic carbocycles. The van der Waals surface area contributed by atoms with Gasteiger partial charge in [0.2, 0.25) is 0 Å². The van der Waals surface area contributed by atoms with Gasteiger partial charge in [0.25, 0.3) is 5.91 Å². The van der Waals surface area contributed by atoms with E-state index in [0.29, 0.717) is 12.5 Å². The Morgan fingerprint density at radius 1 is 1.40 bits per heavy atom. The quantitative estimate of drug-likeness (QED) is 0.886. The number of hydrogen-bond donors (Lipinski definition) is 1. The summed E-state index contributed by atoms with van der Waals surface area (Å²) in [6.07, 6.45) is 5.40. The van der Waals surface area contributed by atoms with E-state index in [1.54, 1.807) is 13.3 Å². The van der Waals surface area contributed by atoms with Crippen LogP contribution in [0, 0.1) is 5.92 Å². The highest BCUT2D eigenvalue weighted by Gasteiger charge is 2.42. The number of nitrogens with zero attached hydrogens (tertiary/aromatic N) is 1. The number of aromatic nitrogens is 1. The first-order valence-corrected chi connectivity index (χ1v) is 8.97. The summed E-state index contributed by atoms with van der Waals surface area (Å²) in [6, 6.07) is 7.55. The van der Waals surface area contributed by atoms with Crippen LogP contribution in [0.4, 0.5) is 5.69 Å². The zero-order valence-corrected chi connectivity index (χ0v) is 15.2. The summed E-state index contributed by atoms with van der Waals surface area (Å²) in [5.74, 6) is 1.14. The van der Waals surface area contributed by atoms with Crippen LogP contribution in [0.25, 0.3) is 10.9 Å². The molecule has 1 N–H and O–H groups in total. The minimum absolute atomic E-state index is 0.0733. The SMILES string of the molecule is CCOc1ccc(NC(=O)[C@@]2(OC)CCC[C@H](C)C2)c2cccnc12. The van der Waals surface area contributed by atoms with Crippen molar-refractivity contribution in [3.63, 3.8) is 0 Å². The van der Waals surface area contributed by atoms with Crippen LogP contribution in [0.1, 0.15) is 39.5 Å². The molecular weight excluding hydrogens is 316 g/mol. The molecule has 0 spiro atoms. The number of fused-ring (bicyclic) bond motifs is 1. The van der Waals surface area contributed by atoms with Gasteiger partial charge in [-0.15, -0.1) is 0 Å². The molecule has 0 aliphatic heterocycles. The van der Waals surface area contributed by atoms with Crippen LogP contribution in [0.5, 0.6) is 5.75 Å². The molecule has 5 heteroatoms. The number of nitrogens with one attached hydrogen (secondary N) is 1. The number of carbonyl (C=O) groups excluding carboxylic acids is 1. The first kappa shape index (κ1) is 17.7. The van der Waals surface area contributed by atoms with E-state index in [2.05, 4.69) is 17.2 Å². The highest BCUT2D eigenvalue weighted by Crippen LogP contribution is 2.37. The zero-order chi connectivity index (χ0) is 17.9. The van der Waals surface area contributed by atoms with Gasteiger partial charge in [0.1, 0.15) is 16.9 Å². The highest BCUT2D eigenvalue weighted by atomic mass is 16.5. The molecule has 134 valence electrons. The summed E-state index contributed by atoms with van der Waals surface area (Å²) < 4.78 is 11.4. The third kappa shape index (κ3) is 3.47. The number of ether oxygens (including phenoxy) is 2. The van der Waals surface area contributed by atoms with E-state index in [-0.39, 0.29) is 5.91 Å². The predicted octanol–water partition coefficient (Wildman–Crippen LogP) is 4.17. The number of hydrogen-bond acceptors (Lipinski definition) is 4. The Bertz CT molecular complexity index is 762. The minimum atomic E-state index is -0.745. The van der Waals surface area contributed by atoms with Crippen molar-refractivity contribution in [2.45, 2.75) is 45.1 Å². The predicted molar refractivity (Wildman–Crippen MR) is 98.9 cm³/mol. The Balaban J connectivity index is 1.92. The Morgan fingerprint density at radius 3 is 2.96 bits per heavy atom. The Morgan fingerprint density at radius 2 is 2.24 bits per heavy atom. The largest absolute Gasteiger partial charge is 0.492 e. The van der Waals surface area contributed by atoms with Crippen molar-refractivity contribution >= 4 is 22.5 Å². The van der Waals surface area contributed by atoms with Crippen LogP contribution in [0.3, 0.4) is 0 Å². The molecule has 1 amide bonds. The maximum Gasteiger partial charge on any atom is 0.256 e. The lowest BCUT2D eigenvalue weighted by molar-refractivity contribution is -0.143. The number of pyridine rings is 1. The maximum atomic E-state index is 13.0. The number of benzene rings is 1. The van der Waals surface area contributed by atoms with Crippen molar-refractivity contribution in [2.24, 2.45) is 5.92 Å². The fraction of sp³-hybridized carbons (Fsp3) is 0.500. The topological polar surface area (TPSA) is 60.5 Å². The molecule has 1 aromatic heterocycles. The van der Waals surface area contributed by atoms with Gasteiger partial charge in [-0.05, 0) is 56.4 Å². The Hall–Kier alpha value is -2.14. The van der Waals surface area contributed by atoms with Crippen LogP contribution in [0.15, 0.2) is 30.5 Å². The second kappa shape index (κ2) is 7.40. The average Bonchev–Trinajstić information content (AvgIpc) is 2.63. The Labute approximate surface area is 148 Å². The molecule has 1 aliphatic carbocycles. The van der Waals surface area contributed by atoms with E-state index in [9.17, 15) is 4.79 Å². The summed E-state index contributed by atoms with van der Waals surface area (Å²) in [6.45, 7) is 4.69. The van der Waals surface area contributed by atoms with E-state index in [4.69, 9.17) is 9.47 Å². The van der Waals surface area contributed by atoms with Gasteiger partial charge in [0.15, 0.2) is 0 Å². The summed E-state index contributed by atoms with van der Waals surface area (Å²) in [5.41, 5.74) is 0.752. The van der Waals surface area contributed by atoms with Crippen LogP contribution in [-0.2, 0) is 9.53 Å². The molecule has 2 aromatic rings. The number of amides is 1. The molecule has 1 aliphatic rings. The van der Waals surface area contributed by atoms with Gasteiger partial charge in [0, 0.05) is 18.7 Å². The first-order valence-electron chi connectivity index (χ1n) is 8.97. The fourth-order valence-electron chi connectivity index (χ4n) is 3.75. The molecule has 5 nitrogen and oxygen atoms in total. The van der Waals surface area contributed by atoms with Crippen LogP contribution in [0.2, 0.25) is 0 Å². The van der Waals surface area contributed by atoms with Gasteiger partial charge in [-0.3, -0.25) is 9.78 Å². The van der Waals surface area contributed by atoms with E-state index in [1.807, 2.05) is 31.2 Å². The summed E-state index contributed by atoms with van der Waals surface area (Å²) >= 11 is 0. The molecular formula is C20H26N2O3. The van der Waals surface area contributed by atoms with Crippen molar-refractivity contribution in [1.82, 2.24) is 4.98 Å². The van der Waals surface area contributed by atoms with Gasteiger partial charge in [0.05, 0.1) is 12.3 Å². The van der Waals surface area contributed by atoms with Gasteiger partial charge in [-0.1, -0.05) is 13.3 Å². The average molecular weight is 342 g/mol. The molecule has 3 rings (SSSR count). The van der Waals surface area contributed by atoms with Gasteiger partial charge in [-0.25, -0.2) is 0 Å². The third-order valence-corrected chi connectivity index (χ3v) is 5.04. The molecule has 2 atom stereocenters. The van der Waals surface area contributed by atoms with Crippen molar-refractivity contribution in [3.8, 4) is 5.75 Å². The molecule has 25 heavy (non-hydrogen) atoms. The van der Waals surface area contributed by atoms with Crippen molar-refractivity contribution in [1.29, 1.82) is 0 Å². The summed E-state index contributed by atoms with van der Waals surface area (Å²) in [4.78, 5) is 17.5. The van der Waals surface area contributed by atoms with Crippen LogP contribution < -0.4 is 10.1 Å². The van der Waals surface area contributed by atoms with E-state index in [1.165, 1.54) is 0 Å². The summed E-state index contributed by atoms with van der Waals surface area (Å²) in [7, 11) is 1.63. The summed E-state index contributed by atoms with van der Waals surface area (Å²) in [5, 5.41) is 3.95. The molecule has 1 fully saturated rings. The fourth-order valence-corrected chi connectivity index (χ4v) is 3.75. The normalized spacial score (nSPS) is 23.4. The monoisotopic (exact) mass is 342 g/mol. The van der Waals surface area contributed by atoms with Gasteiger partial charge < -0.3 is 14.8 Å². The standard InChI is InChI=1S/C20H26N2O3/c1-4-25-17-10-9-16(15-8-6-12-21-18(15)17)22-19(23)20(24-3)11-5-7-14(2)13-20/h6,8-10,12,14H,4-5,7,11,13H2,1-3H3,(H,22,23)/t14-,20+/m0/s1. The van der Waals surface area contributed by atoms with Crippen LogP contribution in [-0.4, -0.2) is 30.2 Å². The second-order valence-corrected chi connectivity index (χ2v) is 6.80. The lowest BCUT2D eigenvalue weighted by atomic mass is 9.78. The minimum Gasteiger partial charge on any atom is -0.492 e. The van der Waals surface area contributed by atoms with Gasteiger partial charge >= 0.3 is 0 Å². The molecule has 0 saturated heterocycles. The lowest BCUT2D eigenvalue weighted by Gasteiger charge is -2.37. The van der Waals surface area contributed by atoms with Crippen molar-refractivity contribution in [3.05, 3.63) is 30.5 Å². The van der Waals surface area contributed by atoms with Crippen molar-refractivity contribution in [2.75, 3.05) is 19.0 Å². The third-order valence-electron chi connectivity index (χ3n) is 5.04. The van der Waals surface area contributed by atoms with Crippen molar-refractivity contribution < 1.29 is 14.3 Å². The molecule has 0 radical (unpaired) electrons. The number of methoxy groups -OCH3 is 1. The number of carbonyl (C=O) groups is 1. The number of anilines is 1. The Kier molecular flexibility index (Phi) is 5.23. The smallest absolute Gasteiger partial charge is 0.256 e. The molecule has 0 bridgehead atoms. The zero-order valence-electron chi connectivity index (χ0n) is 15.2. The van der Waals surface area contributed by atoms with Crippen LogP contribution >= 0.6 is 0 Å². The first-order chi connectivity index (χ1) is 12.1. The second-order valence-electron chi connectivity index (χ2n) is 6.80. The molecule has 1 heterocycles. The lowest BCUT2D eigenvalue weighted by Crippen LogP contribution is -2.47. The van der Waals surface area contributed by atoms with Gasteiger partial charge in [-0.2, -0.15) is 0 Å². The molecule has 1 saturated carbocycles. The molecule has 0 unspecified atom stereocenters.